The third kappa shape index (κ3) is 3.31. The molecule has 1 amide bonds. The topological polar surface area (TPSA) is 70.7 Å². The molecule has 0 unspecified atom stereocenters. The average Bonchev–Trinajstić information content (AvgIpc) is 2.99. The molecular formula is C15H16N4OS2. The number of thiazole rings is 1. The molecule has 0 spiro atoms. The molecule has 1 aromatic carbocycles. The molecule has 2 N–H and O–H groups in total. The molecule has 3 rings (SSSR count). The first-order valence-corrected chi connectivity index (χ1v) is 8.64. The second kappa shape index (κ2) is 6.10. The molecular weight excluding hydrogens is 316 g/mol. The zero-order valence-corrected chi connectivity index (χ0v) is 14.2. The first kappa shape index (κ1) is 15.1. The van der Waals surface area contributed by atoms with Gasteiger partial charge < -0.3 is 10.3 Å². The molecule has 0 bridgehead atoms. The van der Waals surface area contributed by atoms with Gasteiger partial charge in [-0.25, -0.2) is 9.97 Å². The first-order chi connectivity index (χ1) is 10.5. The molecule has 22 heavy (non-hydrogen) atoms. The van der Waals surface area contributed by atoms with Gasteiger partial charge in [0.25, 0.3) is 0 Å². The van der Waals surface area contributed by atoms with Gasteiger partial charge in [0.1, 0.15) is 0 Å². The van der Waals surface area contributed by atoms with E-state index in [1.54, 1.807) is 0 Å². The van der Waals surface area contributed by atoms with Crippen LogP contribution in [0.25, 0.3) is 11.0 Å². The third-order valence-electron chi connectivity index (χ3n) is 3.23. The summed E-state index contributed by atoms with van der Waals surface area (Å²) in [5, 5.41) is 4.23. The van der Waals surface area contributed by atoms with Gasteiger partial charge in [0, 0.05) is 4.88 Å². The zero-order valence-electron chi connectivity index (χ0n) is 12.6. The largest absolute Gasteiger partial charge is 0.333 e. The number of amides is 1. The number of thioether (sulfide) groups is 1. The number of fused-ring (bicyclic) bond motifs is 1. The van der Waals surface area contributed by atoms with E-state index in [1.807, 2.05) is 39.0 Å². The summed E-state index contributed by atoms with van der Waals surface area (Å²) < 4.78 is 0. The van der Waals surface area contributed by atoms with E-state index in [4.69, 9.17) is 0 Å². The molecule has 5 nitrogen and oxygen atoms in total. The minimum absolute atomic E-state index is 0.0737. The lowest BCUT2D eigenvalue weighted by atomic mass is 10.2. The van der Waals surface area contributed by atoms with E-state index in [-0.39, 0.29) is 5.91 Å². The molecule has 114 valence electrons. The monoisotopic (exact) mass is 332 g/mol. The van der Waals surface area contributed by atoms with E-state index in [1.165, 1.54) is 28.7 Å². The smallest absolute Gasteiger partial charge is 0.236 e. The molecule has 2 aromatic heterocycles. The maximum Gasteiger partial charge on any atom is 0.236 e. The van der Waals surface area contributed by atoms with Crippen molar-refractivity contribution in [2.75, 3.05) is 11.1 Å². The van der Waals surface area contributed by atoms with Crippen LogP contribution < -0.4 is 5.32 Å². The van der Waals surface area contributed by atoms with Crippen LogP contribution in [0.2, 0.25) is 0 Å². The van der Waals surface area contributed by atoms with Crippen LogP contribution in [0.3, 0.4) is 0 Å². The molecule has 2 heterocycles. The maximum absolute atomic E-state index is 12.0. The molecule has 0 aliphatic rings. The van der Waals surface area contributed by atoms with E-state index < -0.39 is 0 Å². The second-order valence-electron chi connectivity index (χ2n) is 5.06. The molecule has 0 saturated carbocycles. The van der Waals surface area contributed by atoms with E-state index in [0.717, 1.165) is 26.8 Å². The Morgan fingerprint density at radius 2 is 2.14 bits per heavy atom. The van der Waals surface area contributed by atoms with Crippen molar-refractivity contribution in [2.45, 2.75) is 25.9 Å². The van der Waals surface area contributed by atoms with E-state index in [0.29, 0.717) is 10.9 Å². The van der Waals surface area contributed by atoms with Gasteiger partial charge in [-0.2, -0.15) is 0 Å². The zero-order chi connectivity index (χ0) is 15.7. The predicted molar refractivity (Wildman–Crippen MR) is 91.8 cm³/mol. The number of aromatic nitrogens is 3. The number of aromatic amines is 1. The number of imidazole rings is 1. The fourth-order valence-corrected chi connectivity index (χ4v) is 3.50. The fraction of sp³-hybridized carbons (Fsp3) is 0.267. The Hall–Kier alpha value is -1.86. The summed E-state index contributed by atoms with van der Waals surface area (Å²) in [6, 6.07) is 6.05. The highest BCUT2D eigenvalue weighted by atomic mass is 32.2. The number of carbonyl (C=O) groups is 1. The van der Waals surface area contributed by atoms with Crippen LogP contribution >= 0.6 is 23.1 Å². The van der Waals surface area contributed by atoms with Gasteiger partial charge in [-0.3, -0.25) is 4.79 Å². The van der Waals surface area contributed by atoms with E-state index in [9.17, 15) is 4.79 Å². The number of carbonyl (C=O) groups excluding carboxylic acids is 1. The first-order valence-electron chi connectivity index (χ1n) is 6.84. The van der Waals surface area contributed by atoms with Crippen molar-refractivity contribution in [3.05, 3.63) is 34.3 Å². The lowest BCUT2D eigenvalue weighted by molar-refractivity contribution is -0.113. The molecule has 3 aromatic rings. The summed E-state index contributed by atoms with van der Waals surface area (Å²) in [6.07, 6.45) is 0. The summed E-state index contributed by atoms with van der Waals surface area (Å²) in [5.74, 6) is 0.228. The summed E-state index contributed by atoms with van der Waals surface area (Å²) in [4.78, 5) is 25.1. The fourth-order valence-electron chi connectivity index (χ4n) is 1.98. The number of rotatable bonds is 4. The minimum atomic E-state index is -0.0737. The predicted octanol–water partition coefficient (Wildman–Crippen LogP) is 3.68. The van der Waals surface area contributed by atoms with Gasteiger partial charge in [0.05, 0.1) is 22.5 Å². The normalized spacial score (nSPS) is 11.0. The molecule has 0 aliphatic carbocycles. The van der Waals surface area contributed by atoms with Gasteiger partial charge in [0.15, 0.2) is 10.3 Å². The van der Waals surface area contributed by atoms with Crippen molar-refractivity contribution < 1.29 is 4.79 Å². The van der Waals surface area contributed by atoms with Gasteiger partial charge in [-0.15, -0.1) is 11.3 Å². The second-order valence-corrected chi connectivity index (χ2v) is 7.23. The summed E-state index contributed by atoms with van der Waals surface area (Å²) >= 11 is 2.88. The number of nitrogens with one attached hydrogen (secondary N) is 2. The molecule has 0 aliphatic heterocycles. The Balaban J connectivity index is 1.62. The summed E-state index contributed by atoms with van der Waals surface area (Å²) in [7, 11) is 0. The van der Waals surface area contributed by atoms with E-state index in [2.05, 4.69) is 20.3 Å². The Morgan fingerprint density at radius 3 is 2.86 bits per heavy atom. The molecule has 0 saturated heterocycles. The van der Waals surface area contributed by atoms with Crippen LogP contribution in [-0.4, -0.2) is 26.6 Å². The Kier molecular flexibility index (Phi) is 4.17. The van der Waals surface area contributed by atoms with Crippen molar-refractivity contribution in [1.29, 1.82) is 0 Å². The SMILES string of the molecule is Cc1ccc2nc(SCC(=O)Nc3nc(C)c(C)s3)[nH]c2c1. The number of hydrogen-bond acceptors (Lipinski definition) is 5. The third-order valence-corrected chi connectivity index (χ3v) is 5.09. The number of benzene rings is 1. The van der Waals surface area contributed by atoms with Gasteiger partial charge in [0.2, 0.25) is 5.91 Å². The van der Waals surface area contributed by atoms with Crippen LogP contribution in [0.15, 0.2) is 23.4 Å². The average molecular weight is 332 g/mol. The molecule has 7 heteroatoms. The number of aryl methyl sites for hydroxylation is 3. The quantitative estimate of drug-likeness (QED) is 0.715. The summed E-state index contributed by atoms with van der Waals surface area (Å²) in [5.41, 5.74) is 4.05. The number of hydrogen-bond donors (Lipinski definition) is 2. The number of H-pyrrole nitrogens is 1. The van der Waals surface area contributed by atoms with Crippen LogP contribution in [0, 0.1) is 20.8 Å². The van der Waals surface area contributed by atoms with Crippen LogP contribution in [0.5, 0.6) is 0 Å². The number of nitrogens with zero attached hydrogens (tertiary/aromatic N) is 2. The van der Waals surface area contributed by atoms with Crippen LogP contribution in [0.1, 0.15) is 16.1 Å². The van der Waals surface area contributed by atoms with Crippen molar-refractivity contribution in [3.8, 4) is 0 Å². The van der Waals surface area contributed by atoms with Gasteiger partial charge in [-0.05, 0) is 38.5 Å². The van der Waals surface area contributed by atoms with Crippen LogP contribution in [0.4, 0.5) is 5.13 Å². The Bertz CT molecular complexity index is 818. The highest BCUT2D eigenvalue weighted by molar-refractivity contribution is 7.99. The number of anilines is 1. The standard InChI is InChI=1S/C15H16N4OS2/c1-8-4-5-11-12(6-8)18-14(17-11)21-7-13(20)19-15-16-9(2)10(3)22-15/h4-6H,7H2,1-3H3,(H,17,18)(H,16,19,20). The van der Waals surface area contributed by atoms with Crippen molar-refractivity contribution >= 4 is 45.2 Å². The highest BCUT2D eigenvalue weighted by Gasteiger charge is 2.10. The molecule has 0 radical (unpaired) electrons. The van der Waals surface area contributed by atoms with Crippen LogP contribution in [-0.2, 0) is 4.79 Å². The van der Waals surface area contributed by atoms with E-state index >= 15 is 0 Å². The van der Waals surface area contributed by atoms with Crippen molar-refractivity contribution in [3.63, 3.8) is 0 Å². The Labute approximate surface area is 136 Å². The van der Waals surface area contributed by atoms with Crippen molar-refractivity contribution in [2.24, 2.45) is 0 Å². The summed E-state index contributed by atoms with van der Waals surface area (Å²) in [6.45, 7) is 5.97. The van der Waals surface area contributed by atoms with Gasteiger partial charge in [-0.1, -0.05) is 17.8 Å². The Morgan fingerprint density at radius 1 is 1.32 bits per heavy atom. The molecule has 0 atom stereocenters. The van der Waals surface area contributed by atoms with Crippen molar-refractivity contribution in [1.82, 2.24) is 15.0 Å². The lowest BCUT2D eigenvalue weighted by Gasteiger charge is -1.99. The maximum atomic E-state index is 12.0. The van der Waals surface area contributed by atoms with Gasteiger partial charge >= 0.3 is 0 Å². The lowest BCUT2D eigenvalue weighted by Crippen LogP contribution is -2.13. The minimum Gasteiger partial charge on any atom is -0.333 e. The highest BCUT2D eigenvalue weighted by Crippen LogP contribution is 2.23. The molecule has 0 fully saturated rings.